The molecule has 0 atom stereocenters. The van der Waals surface area contributed by atoms with Gasteiger partial charge < -0.3 is 10.2 Å². The third-order valence-corrected chi connectivity index (χ3v) is 6.78. The summed E-state index contributed by atoms with van der Waals surface area (Å²) in [6, 6.07) is 12.4. The number of likely N-dealkylation sites (tertiary alicyclic amines) is 1. The zero-order chi connectivity index (χ0) is 22.3. The number of nitrogens with zero attached hydrogens (tertiary/aromatic N) is 3. The molecule has 0 bridgehead atoms. The maximum Gasteiger partial charge on any atom is 0.251 e. The number of aromatic nitrogens is 1. The second-order valence-electron chi connectivity index (χ2n) is 9.09. The molecule has 0 saturated carbocycles. The third-order valence-electron chi connectivity index (χ3n) is 6.78. The number of piperidine rings is 1. The SMILES string of the molecule is CC(=O)N1CCC(Cc2cc(C(=O)NCCCN3CCc4ccccc4C3)ccn2)CC1. The van der Waals surface area contributed by atoms with Crippen molar-refractivity contribution in [2.24, 2.45) is 5.92 Å². The highest BCUT2D eigenvalue weighted by Gasteiger charge is 2.21. The van der Waals surface area contributed by atoms with Crippen LogP contribution in [-0.4, -0.2) is 59.3 Å². The van der Waals surface area contributed by atoms with E-state index >= 15 is 0 Å². The summed E-state index contributed by atoms with van der Waals surface area (Å²) in [5, 5.41) is 3.07. The van der Waals surface area contributed by atoms with Gasteiger partial charge in [-0.1, -0.05) is 24.3 Å². The van der Waals surface area contributed by atoms with E-state index < -0.39 is 0 Å². The second-order valence-corrected chi connectivity index (χ2v) is 9.09. The first-order valence-electron chi connectivity index (χ1n) is 11.9. The molecule has 1 aromatic heterocycles. The number of fused-ring (bicyclic) bond motifs is 1. The van der Waals surface area contributed by atoms with E-state index in [9.17, 15) is 9.59 Å². The molecule has 2 aromatic rings. The number of benzene rings is 1. The Hall–Kier alpha value is -2.73. The van der Waals surface area contributed by atoms with Gasteiger partial charge in [0.25, 0.3) is 5.91 Å². The fourth-order valence-corrected chi connectivity index (χ4v) is 4.83. The van der Waals surface area contributed by atoms with Crippen LogP contribution in [0.15, 0.2) is 42.6 Å². The predicted molar refractivity (Wildman–Crippen MR) is 125 cm³/mol. The molecule has 4 rings (SSSR count). The lowest BCUT2D eigenvalue weighted by Gasteiger charge is -2.31. The van der Waals surface area contributed by atoms with Crippen LogP contribution in [0, 0.1) is 5.92 Å². The number of amides is 2. The number of hydrogen-bond acceptors (Lipinski definition) is 4. The number of carbonyl (C=O) groups is 2. The third kappa shape index (κ3) is 5.94. The van der Waals surface area contributed by atoms with Gasteiger partial charge in [-0.2, -0.15) is 0 Å². The molecule has 32 heavy (non-hydrogen) atoms. The molecule has 0 aliphatic carbocycles. The zero-order valence-corrected chi connectivity index (χ0v) is 19.1. The van der Waals surface area contributed by atoms with Crippen LogP contribution < -0.4 is 5.32 Å². The van der Waals surface area contributed by atoms with Gasteiger partial charge in [0.1, 0.15) is 0 Å². The smallest absolute Gasteiger partial charge is 0.251 e. The van der Waals surface area contributed by atoms with Crippen LogP contribution in [0.1, 0.15) is 53.4 Å². The van der Waals surface area contributed by atoms with Gasteiger partial charge in [-0.25, -0.2) is 0 Å². The summed E-state index contributed by atoms with van der Waals surface area (Å²) in [5.41, 5.74) is 4.54. The highest BCUT2D eigenvalue weighted by Crippen LogP contribution is 2.21. The summed E-state index contributed by atoms with van der Waals surface area (Å²) in [5.74, 6) is 0.653. The Bertz CT molecular complexity index is 937. The zero-order valence-electron chi connectivity index (χ0n) is 19.1. The Labute approximate surface area is 191 Å². The molecule has 6 nitrogen and oxygen atoms in total. The van der Waals surface area contributed by atoms with Crippen LogP contribution in [0.3, 0.4) is 0 Å². The van der Waals surface area contributed by atoms with Crippen LogP contribution in [-0.2, 0) is 24.2 Å². The van der Waals surface area contributed by atoms with Gasteiger partial charge in [-0.15, -0.1) is 0 Å². The Morgan fingerprint density at radius 3 is 2.66 bits per heavy atom. The van der Waals surface area contributed by atoms with E-state index in [1.54, 1.807) is 19.2 Å². The average molecular weight is 435 g/mol. The fraction of sp³-hybridized carbons (Fsp3) is 0.500. The van der Waals surface area contributed by atoms with Crippen molar-refractivity contribution in [1.29, 1.82) is 0 Å². The van der Waals surface area contributed by atoms with Crippen LogP contribution in [0.4, 0.5) is 0 Å². The minimum absolute atomic E-state index is 0.0240. The molecule has 6 heteroatoms. The highest BCUT2D eigenvalue weighted by atomic mass is 16.2. The maximum absolute atomic E-state index is 12.6. The maximum atomic E-state index is 12.6. The van der Waals surface area contributed by atoms with Gasteiger partial charge in [-0.3, -0.25) is 19.5 Å². The summed E-state index contributed by atoms with van der Waals surface area (Å²) in [6.07, 6.45) is 6.65. The van der Waals surface area contributed by atoms with E-state index in [1.807, 2.05) is 11.0 Å². The van der Waals surface area contributed by atoms with Crippen molar-refractivity contribution in [2.45, 2.75) is 45.6 Å². The number of carbonyl (C=O) groups excluding carboxylic acids is 2. The van der Waals surface area contributed by atoms with Crippen LogP contribution >= 0.6 is 0 Å². The number of hydrogen-bond donors (Lipinski definition) is 1. The molecule has 0 spiro atoms. The Kier molecular flexibility index (Phi) is 7.53. The summed E-state index contributed by atoms with van der Waals surface area (Å²) >= 11 is 0. The summed E-state index contributed by atoms with van der Waals surface area (Å²) in [7, 11) is 0. The molecule has 0 radical (unpaired) electrons. The lowest BCUT2D eigenvalue weighted by Crippen LogP contribution is -2.37. The normalized spacial score (nSPS) is 17.1. The van der Waals surface area contributed by atoms with Gasteiger partial charge in [0.05, 0.1) is 0 Å². The van der Waals surface area contributed by atoms with Crippen molar-refractivity contribution in [3.63, 3.8) is 0 Å². The minimum atomic E-state index is -0.0240. The number of nitrogens with one attached hydrogen (secondary N) is 1. The molecule has 0 unspecified atom stereocenters. The Morgan fingerprint density at radius 1 is 1.09 bits per heavy atom. The first-order valence-corrected chi connectivity index (χ1v) is 11.9. The van der Waals surface area contributed by atoms with Gasteiger partial charge in [0.15, 0.2) is 0 Å². The standard InChI is InChI=1S/C26H34N4O2/c1-20(31)30-15-8-21(9-16-30)17-25-18-23(7-12-27-25)26(32)28-11-4-13-29-14-10-22-5-2-3-6-24(22)19-29/h2-3,5-7,12,18,21H,4,8-11,13-17,19H2,1H3,(H,28,32). The van der Waals surface area contributed by atoms with Crippen LogP contribution in [0.25, 0.3) is 0 Å². The quantitative estimate of drug-likeness (QED) is 0.681. The predicted octanol–water partition coefficient (Wildman–Crippen LogP) is 3.06. The van der Waals surface area contributed by atoms with Crippen molar-refractivity contribution in [3.8, 4) is 0 Å². The fourth-order valence-electron chi connectivity index (χ4n) is 4.83. The van der Waals surface area contributed by atoms with Crippen LogP contribution in [0.2, 0.25) is 0 Å². The van der Waals surface area contributed by atoms with E-state index in [1.165, 1.54) is 11.1 Å². The first-order chi connectivity index (χ1) is 15.6. The first kappa shape index (κ1) is 22.5. The Morgan fingerprint density at radius 2 is 1.88 bits per heavy atom. The molecule has 170 valence electrons. The lowest BCUT2D eigenvalue weighted by atomic mass is 9.91. The average Bonchev–Trinajstić information content (AvgIpc) is 2.82. The monoisotopic (exact) mass is 434 g/mol. The van der Waals surface area contributed by atoms with Crippen molar-refractivity contribution < 1.29 is 9.59 Å². The number of rotatable bonds is 7. The van der Waals surface area contributed by atoms with Crippen molar-refractivity contribution in [3.05, 3.63) is 65.0 Å². The highest BCUT2D eigenvalue weighted by molar-refractivity contribution is 5.94. The summed E-state index contributed by atoms with van der Waals surface area (Å²) < 4.78 is 0. The Balaban J connectivity index is 1.19. The molecule has 2 aliphatic heterocycles. The second kappa shape index (κ2) is 10.7. The molecule has 3 heterocycles. The van der Waals surface area contributed by atoms with Gasteiger partial charge >= 0.3 is 0 Å². The van der Waals surface area contributed by atoms with E-state index in [0.717, 1.165) is 70.5 Å². The van der Waals surface area contributed by atoms with E-state index in [2.05, 4.69) is 39.5 Å². The lowest BCUT2D eigenvalue weighted by molar-refractivity contribution is -0.130. The molecule has 1 saturated heterocycles. The molecule has 2 aliphatic rings. The minimum Gasteiger partial charge on any atom is -0.352 e. The topological polar surface area (TPSA) is 65.5 Å². The van der Waals surface area contributed by atoms with Crippen molar-refractivity contribution in [2.75, 3.05) is 32.7 Å². The summed E-state index contributed by atoms with van der Waals surface area (Å²) in [4.78, 5) is 33.0. The van der Waals surface area contributed by atoms with E-state index in [4.69, 9.17) is 0 Å². The van der Waals surface area contributed by atoms with Crippen molar-refractivity contribution in [1.82, 2.24) is 20.1 Å². The summed E-state index contributed by atoms with van der Waals surface area (Å²) in [6.45, 7) is 7.04. The van der Waals surface area contributed by atoms with E-state index in [0.29, 0.717) is 18.0 Å². The van der Waals surface area contributed by atoms with Gasteiger partial charge in [0.2, 0.25) is 5.91 Å². The largest absolute Gasteiger partial charge is 0.352 e. The molecular formula is C26H34N4O2. The van der Waals surface area contributed by atoms with Gasteiger partial charge in [-0.05, 0) is 61.3 Å². The molecule has 1 fully saturated rings. The molecular weight excluding hydrogens is 400 g/mol. The van der Waals surface area contributed by atoms with E-state index in [-0.39, 0.29) is 11.8 Å². The number of pyridine rings is 1. The molecule has 1 N–H and O–H groups in total. The van der Waals surface area contributed by atoms with Crippen LogP contribution in [0.5, 0.6) is 0 Å². The molecule has 1 aromatic carbocycles. The molecule has 2 amide bonds. The van der Waals surface area contributed by atoms with Gasteiger partial charge in [0, 0.05) is 63.6 Å². The van der Waals surface area contributed by atoms with Crippen molar-refractivity contribution >= 4 is 11.8 Å².